The minimum absolute atomic E-state index is 0.430. The van der Waals surface area contributed by atoms with Gasteiger partial charge in [-0.2, -0.15) is 4.31 Å². The zero-order valence-electron chi connectivity index (χ0n) is 10.3. The first-order valence-corrected chi connectivity index (χ1v) is 7.18. The van der Waals surface area contributed by atoms with Crippen molar-refractivity contribution in [1.29, 1.82) is 0 Å². The lowest BCUT2D eigenvalue weighted by atomic mass is 10.1. The molecule has 1 aliphatic rings. The standard InChI is InChI=1S/C11H10F5NO3S/c12-10(13)7-5-17(6-7)21(18,19)9-4-2-1-3-8(9)20-11(14,15)16/h1-4,7,10H,5-6H2. The number of alkyl halides is 5. The van der Waals surface area contributed by atoms with Gasteiger partial charge in [-0.1, -0.05) is 12.1 Å². The Hall–Kier alpha value is -1.42. The Kier molecular flexibility index (Phi) is 4.11. The largest absolute Gasteiger partial charge is 0.573 e. The number of ether oxygens (including phenoxy) is 1. The van der Waals surface area contributed by atoms with Crippen LogP contribution in [0.4, 0.5) is 22.0 Å². The molecule has 1 heterocycles. The van der Waals surface area contributed by atoms with Crippen LogP contribution in [0.3, 0.4) is 0 Å². The fraction of sp³-hybridized carbons (Fsp3) is 0.455. The topological polar surface area (TPSA) is 46.6 Å². The summed E-state index contributed by atoms with van der Waals surface area (Å²) in [6, 6.07) is 4.19. The lowest BCUT2D eigenvalue weighted by Crippen LogP contribution is -2.52. The van der Waals surface area contributed by atoms with Crippen LogP contribution in [0.2, 0.25) is 0 Å². The van der Waals surface area contributed by atoms with E-state index in [1.165, 1.54) is 12.1 Å². The van der Waals surface area contributed by atoms with Crippen molar-refractivity contribution in [1.82, 2.24) is 4.31 Å². The molecule has 0 amide bonds. The van der Waals surface area contributed by atoms with Crippen LogP contribution >= 0.6 is 0 Å². The molecule has 0 radical (unpaired) electrons. The molecule has 0 saturated carbocycles. The molecule has 1 saturated heterocycles. The summed E-state index contributed by atoms with van der Waals surface area (Å²) in [5.74, 6) is -1.99. The second kappa shape index (κ2) is 5.41. The maximum atomic E-state index is 12.4. The number of halogens is 5. The molecule has 0 aromatic heterocycles. The first-order valence-electron chi connectivity index (χ1n) is 5.74. The van der Waals surface area contributed by atoms with E-state index in [0.29, 0.717) is 4.31 Å². The Balaban J connectivity index is 2.26. The summed E-state index contributed by atoms with van der Waals surface area (Å²) in [5, 5.41) is 0. The molecule has 0 unspecified atom stereocenters. The van der Waals surface area contributed by atoms with Crippen molar-refractivity contribution in [2.24, 2.45) is 5.92 Å². The van der Waals surface area contributed by atoms with E-state index in [-0.39, 0.29) is 0 Å². The lowest BCUT2D eigenvalue weighted by molar-refractivity contribution is -0.275. The smallest absolute Gasteiger partial charge is 0.404 e. The molecule has 0 spiro atoms. The van der Waals surface area contributed by atoms with Crippen LogP contribution in [-0.4, -0.2) is 38.6 Å². The third-order valence-corrected chi connectivity index (χ3v) is 4.80. The quantitative estimate of drug-likeness (QED) is 0.797. The van der Waals surface area contributed by atoms with Gasteiger partial charge in [-0.3, -0.25) is 0 Å². The first-order chi connectivity index (χ1) is 9.61. The van der Waals surface area contributed by atoms with Gasteiger partial charge in [0.15, 0.2) is 0 Å². The average Bonchev–Trinajstić information content (AvgIpc) is 2.23. The summed E-state index contributed by atoms with van der Waals surface area (Å²) in [6.07, 6.45) is -7.72. The van der Waals surface area contributed by atoms with Gasteiger partial charge < -0.3 is 4.74 Å². The molecular formula is C11H10F5NO3S. The van der Waals surface area contributed by atoms with E-state index >= 15 is 0 Å². The summed E-state index contributed by atoms with van der Waals surface area (Å²) in [7, 11) is -4.30. The van der Waals surface area contributed by atoms with Crippen LogP contribution < -0.4 is 4.74 Å². The van der Waals surface area contributed by atoms with Gasteiger partial charge in [0.05, 0.1) is 0 Å². The number of hydrogen-bond acceptors (Lipinski definition) is 3. The summed E-state index contributed by atoms with van der Waals surface area (Å²) in [6.45, 7) is -0.860. The molecular weight excluding hydrogens is 321 g/mol. The van der Waals surface area contributed by atoms with E-state index in [2.05, 4.69) is 4.74 Å². The SMILES string of the molecule is O=S(=O)(c1ccccc1OC(F)(F)F)N1CC(C(F)F)C1. The molecule has 0 bridgehead atoms. The molecule has 21 heavy (non-hydrogen) atoms. The molecule has 0 atom stereocenters. The summed E-state index contributed by atoms with van der Waals surface area (Å²) in [5.41, 5.74) is 0. The fourth-order valence-electron chi connectivity index (χ4n) is 1.84. The maximum absolute atomic E-state index is 12.4. The van der Waals surface area contributed by atoms with Crippen LogP contribution in [0.1, 0.15) is 0 Å². The highest BCUT2D eigenvalue weighted by molar-refractivity contribution is 7.89. The van der Waals surface area contributed by atoms with Gasteiger partial charge in [0, 0.05) is 19.0 Å². The van der Waals surface area contributed by atoms with Crippen molar-refractivity contribution in [3.05, 3.63) is 24.3 Å². The predicted molar refractivity (Wildman–Crippen MR) is 61.4 cm³/mol. The number of para-hydroxylation sites is 1. The Labute approximate surface area is 117 Å². The minimum atomic E-state index is -5.05. The molecule has 4 nitrogen and oxygen atoms in total. The van der Waals surface area contributed by atoms with Crippen molar-refractivity contribution >= 4 is 10.0 Å². The number of rotatable bonds is 4. The van der Waals surface area contributed by atoms with Crippen LogP contribution in [0, 0.1) is 5.92 Å². The van der Waals surface area contributed by atoms with Gasteiger partial charge in [-0.15, -0.1) is 13.2 Å². The van der Waals surface area contributed by atoms with Crippen molar-refractivity contribution < 1.29 is 35.1 Å². The van der Waals surface area contributed by atoms with Gasteiger partial charge in [-0.25, -0.2) is 17.2 Å². The second-order valence-electron chi connectivity index (χ2n) is 4.41. The van der Waals surface area contributed by atoms with Crippen molar-refractivity contribution in [2.75, 3.05) is 13.1 Å². The minimum Gasteiger partial charge on any atom is -0.404 e. The Morgan fingerprint density at radius 3 is 2.29 bits per heavy atom. The molecule has 1 aromatic carbocycles. The second-order valence-corrected chi connectivity index (χ2v) is 6.32. The lowest BCUT2D eigenvalue weighted by Gasteiger charge is -2.37. The number of sulfonamides is 1. The molecule has 1 fully saturated rings. The van der Waals surface area contributed by atoms with Gasteiger partial charge in [-0.05, 0) is 12.1 Å². The Morgan fingerprint density at radius 2 is 1.76 bits per heavy atom. The zero-order chi connectivity index (χ0) is 15.8. The molecule has 0 N–H and O–H groups in total. The van der Waals surface area contributed by atoms with E-state index in [0.717, 1.165) is 12.1 Å². The van der Waals surface area contributed by atoms with Crippen molar-refractivity contribution in [3.63, 3.8) is 0 Å². The molecule has 10 heteroatoms. The summed E-state index contributed by atoms with van der Waals surface area (Å²) >= 11 is 0. The van der Waals surface area contributed by atoms with Crippen LogP contribution in [0.25, 0.3) is 0 Å². The van der Waals surface area contributed by atoms with Crippen LogP contribution in [0.5, 0.6) is 5.75 Å². The van der Waals surface area contributed by atoms with Gasteiger partial charge in [0.25, 0.3) is 0 Å². The highest BCUT2D eigenvalue weighted by Gasteiger charge is 2.43. The molecule has 0 aliphatic carbocycles. The van der Waals surface area contributed by atoms with Gasteiger partial charge in [0.1, 0.15) is 10.6 Å². The van der Waals surface area contributed by atoms with Gasteiger partial charge in [0.2, 0.25) is 16.4 Å². The summed E-state index contributed by atoms with van der Waals surface area (Å²) < 4.78 is 90.0. The third-order valence-electron chi connectivity index (χ3n) is 2.93. The average molecular weight is 331 g/mol. The van der Waals surface area contributed by atoms with Gasteiger partial charge >= 0.3 is 6.36 Å². The summed E-state index contributed by atoms with van der Waals surface area (Å²) in [4.78, 5) is -0.699. The van der Waals surface area contributed by atoms with E-state index in [1.807, 2.05) is 0 Å². The first kappa shape index (κ1) is 16.0. The number of benzene rings is 1. The normalized spacial score (nSPS) is 17.8. The van der Waals surface area contributed by atoms with Crippen LogP contribution in [-0.2, 0) is 10.0 Å². The monoisotopic (exact) mass is 331 g/mol. The molecule has 1 aromatic rings. The third kappa shape index (κ3) is 3.43. The van der Waals surface area contributed by atoms with E-state index < -0.39 is 52.5 Å². The number of nitrogens with zero attached hydrogens (tertiary/aromatic N) is 1. The highest BCUT2D eigenvalue weighted by Crippen LogP contribution is 2.34. The number of hydrogen-bond donors (Lipinski definition) is 0. The van der Waals surface area contributed by atoms with E-state index in [4.69, 9.17) is 0 Å². The maximum Gasteiger partial charge on any atom is 0.573 e. The molecule has 118 valence electrons. The predicted octanol–water partition coefficient (Wildman–Crippen LogP) is 2.47. The van der Waals surface area contributed by atoms with Crippen molar-refractivity contribution in [3.8, 4) is 5.75 Å². The Morgan fingerprint density at radius 1 is 1.19 bits per heavy atom. The van der Waals surface area contributed by atoms with E-state index in [1.54, 1.807) is 0 Å². The molecule has 2 rings (SSSR count). The van der Waals surface area contributed by atoms with Crippen molar-refractivity contribution in [2.45, 2.75) is 17.7 Å². The zero-order valence-corrected chi connectivity index (χ0v) is 11.2. The molecule has 1 aliphatic heterocycles. The van der Waals surface area contributed by atoms with E-state index in [9.17, 15) is 30.4 Å². The fourth-order valence-corrected chi connectivity index (χ4v) is 3.50. The van der Waals surface area contributed by atoms with Crippen LogP contribution in [0.15, 0.2) is 29.2 Å². The Bertz CT molecular complexity index is 611. The highest BCUT2D eigenvalue weighted by atomic mass is 32.2.